The standard InChI is InChI=1S/C14H24N2O/c1-5-11-6-7-13(17-4)12(8-11)14(2,3)9-16-10-15/h6-8,16H,5,9-10,15H2,1-4H3. The van der Waals surface area contributed by atoms with Gasteiger partial charge in [0.1, 0.15) is 5.75 Å². The molecule has 0 unspecified atom stereocenters. The smallest absolute Gasteiger partial charge is 0.122 e. The number of benzene rings is 1. The Morgan fingerprint density at radius 1 is 1.35 bits per heavy atom. The Morgan fingerprint density at radius 2 is 2.06 bits per heavy atom. The van der Waals surface area contributed by atoms with E-state index in [0.717, 1.165) is 18.7 Å². The van der Waals surface area contributed by atoms with Gasteiger partial charge in [-0.15, -0.1) is 0 Å². The highest BCUT2D eigenvalue weighted by Gasteiger charge is 2.24. The van der Waals surface area contributed by atoms with Crippen LogP contribution in [-0.2, 0) is 11.8 Å². The predicted octanol–water partition coefficient (Wildman–Crippen LogP) is 2.04. The van der Waals surface area contributed by atoms with Crippen LogP contribution in [0.4, 0.5) is 0 Å². The van der Waals surface area contributed by atoms with Crippen molar-refractivity contribution in [2.45, 2.75) is 32.6 Å². The molecule has 17 heavy (non-hydrogen) atoms. The van der Waals surface area contributed by atoms with E-state index in [9.17, 15) is 0 Å². The van der Waals surface area contributed by atoms with Crippen molar-refractivity contribution in [1.29, 1.82) is 0 Å². The number of ether oxygens (including phenoxy) is 1. The number of methoxy groups -OCH3 is 1. The maximum absolute atomic E-state index is 5.50. The van der Waals surface area contributed by atoms with E-state index in [4.69, 9.17) is 10.5 Å². The molecule has 0 spiro atoms. The molecule has 0 aliphatic carbocycles. The summed E-state index contributed by atoms with van der Waals surface area (Å²) >= 11 is 0. The van der Waals surface area contributed by atoms with Crippen LogP contribution in [-0.4, -0.2) is 20.3 Å². The summed E-state index contributed by atoms with van der Waals surface area (Å²) in [4.78, 5) is 0. The number of rotatable bonds is 6. The van der Waals surface area contributed by atoms with E-state index < -0.39 is 0 Å². The third-order valence-electron chi connectivity index (χ3n) is 3.11. The molecule has 3 heteroatoms. The Morgan fingerprint density at radius 3 is 2.59 bits per heavy atom. The van der Waals surface area contributed by atoms with Gasteiger partial charge in [-0.3, -0.25) is 0 Å². The Hall–Kier alpha value is -1.06. The zero-order chi connectivity index (χ0) is 12.9. The van der Waals surface area contributed by atoms with E-state index in [2.05, 4.69) is 44.3 Å². The summed E-state index contributed by atoms with van der Waals surface area (Å²) in [5.74, 6) is 0.950. The fraction of sp³-hybridized carbons (Fsp3) is 0.571. The highest BCUT2D eigenvalue weighted by Crippen LogP contribution is 2.32. The second kappa shape index (κ2) is 6.03. The molecule has 1 rings (SSSR count). The van der Waals surface area contributed by atoms with Crippen LogP contribution in [0.2, 0.25) is 0 Å². The summed E-state index contributed by atoms with van der Waals surface area (Å²) in [7, 11) is 1.72. The third-order valence-corrected chi connectivity index (χ3v) is 3.11. The maximum Gasteiger partial charge on any atom is 0.122 e. The van der Waals surface area contributed by atoms with Crippen molar-refractivity contribution in [3.05, 3.63) is 29.3 Å². The molecule has 96 valence electrons. The molecule has 0 saturated heterocycles. The van der Waals surface area contributed by atoms with Crippen LogP contribution >= 0.6 is 0 Å². The first kappa shape index (κ1) is 14.0. The van der Waals surface area contributed by atoms with Crippen molar-refractivity contribution in [1.82, 2.24) is 5.32 Å². The molecule has 0 aliphatic heterocycles. The molecule has 0 fully saturated rings. The van der Waals surface area contributed by atoms with Gasteiger partial charge in [0, 0.05) is 24.2 Å². The first-order valence-electron chi connectivity index (χ1n) is 6.13. The minimum atomic E-state index is 0.00981. The zero-order valence-corrected chi connectivity index (χ0v) is 11.3. The lowest BCUT2D eigenvalue weighted by Gasteiger charge is -2.28. The molecule has 3 N–H and O–H groups in total. The summed E-state index contributed by atoms with van der Waals surface area (Å²) in [6.45, 7) is 7.91. The van der Waals surface area contributed by atoms with Crippen molar-refractivity contribution >= 4 is 0 Å². The molecular weight excluding hydrogens is 212 g/mol. The van der Waals surface area contributed by atoms with Gasteiger partial charge in [-0.2, -0.15) is 0 Å². The van der Waals surface area contributed by atoms with Gasteiger partial charge in [0.15, 0.2) is 0 Å². The Bertz CT molecular complexity index is 361. The number of hydrogen-bond donors (Lipinski definition) is 2. The topological polar surface area (TPSA) is 47.3 Å². The summed E-state index contributed by atoms with van der Waals surface area (Å²) in [6, 6.07) is 6.41. The van der Waals surface area contributed by atoms with Crippen LogP contribution in [0, 0.1) is 0 Å². The highest BCUT2D eigenvalue weighted by atomic mass is 16.5. The highest BCUT2D eigenvalue weighted by molar-refractivity contribution is 5.42. The predicted molar refractivity (Wildman–Crippen MR) is 72.5 cm³/mol. The molecule has 0 aromatic heterocycles. The second-order valence-electron chi connectivity index (χ2n) is 4.90. The fourth-order valence-corrected chi connectivity index (χ4v) is 1.98. The fourth-order valence-electron chi connectivity index (χ4n) is 1.98. The molecule has 0 heterocycles. The normalized spacial score (nSPS) is 11.6. The quantitative estimate of drug-likeness (QED) is 0.743. The summed E-state index contributed by atoms with van der Waals surface area (Å²) < 4.78 is 5.45. The Balaban J connectivity index is 3.07. The van der Waals surface area contributed by atoms with E-state index in [1.165, 1.54) is 11.1 Å². The van der Waals surface area contributed by atoms with Crippen LogP contribution in [0.1, 0.15) is 31.9 Å². The maximum atomic E-state index is 5.50. The second-order valence-corrected chi connectivity index (χ2v) is 4.90. The van der Waals surface area contributed by atoms with Crippen molar-refractivity contribution < 1.29 is 4.74 Å². The van der Waals surface area contributed by atoms with E-state index >= 15 is 0 Å². The Labute approximate surface area is 104 Å². The molecule has 0 atom stereocenters. The van der Waals surface area contributed by atoms with Crippen molar-refractivity contribution in [2.75, 3.05) is 20.3 Å². The minimum Gasteiger partial charge on any atom is -0.496 e. The molecule has 0 radical (unpaired) electrons. The average Bonchev–Trinajstić information content (AvgIpc) is 2.35. The molecule has 1 aromatic carbocycles. The number of aryl methyl sites for hydroxylation is 1. The van der Waals surface area contributed by atoms with Crippen molar-refractivity contribution in [2.24, 2.45) is 5.73 Å². The molecule has 0 bridgehead atoms. The van der Waals surface area contributed by atoms with Gasteiger partial charge in [-0.1, -0.05) is 32.9 Å². The van der Waals surface area contributed by atoms with Gasteiger partial charge in [0.2, 0.25) is 0 Å². The number of nitrogens with two attached hydrogens (primary N) is 1. The molecule has 0 aliphatic rings. The van der Waals surface area contributed by atoms with Crippen LogP contribution in [0.25, 0.3) is 0 Å². The van der Waals surface area contributed by atoms with Gasteiger partial charge >= 0.3 is 0 Å². The number of hydrogen-bond acceptors (Lipinski definition) is 3. The lowest BCUT2D eigenvalue weighted by atomic mass is 9.83. The average molecular weight is 236 g/mol. The van der Waals surface area contributed by atoms with E-state index in [1.807, 2.05) is 0 Å². The molecular formula is C14H24N2O. The van der Waals surface area contributed by atoms with Crippen LogP contribution in [0.15, 0.2) is 18.2 Å². The van der Waals surface area contributed by atoms with Gasteiger partial charge in [0.25, 0.3) is 0 Å². The van der Waals surface area contributed by atoms with Gasteiger partial charge in [-0.25, -0.2) is 0 Å². The van der Waals surface area contributed by atoms with E-state index in [1.54, 1.807) is 7.11 Å². The monoisotopic (exact) mass is 236 g/mol. The lowest BCUT2D eigenvalue weighted by Crippen LogP contribution is -2.36. The SMILES string of the molecule is CCc1ccc(OC)c(C(C)(C)CNCN)c1. The Kier molecular flexibility index (Phi) is 4.97. The van der Waals surface area contributed by atoms with Gasteiger partial charge in [-0.05, 0) is 18.1 Å². The first-order valence-corrected chi connectivity index (χ1v) is 6.13. The van der Waals surface area contributed by atoms with E-state index in [-0.39, 0.29) is 5.41 Å². The van der Waals surface area contributed by atoms with Crippen molar-refractivity contribution in [3.63, 3.8) is 0 Å². The molecule has 1 aromatic rings. The summed E-state index contributed by atoms with van der Waals surface area (Å²) in [6.07, 6.45) is 1.04. The molecule has 3 nitrogen and oxygen atoms in total. The summed E-state index contributed by atoms with van der Waals surface area (Å²) in [5.41, 5.74) is 8.08. The molecule has 0 saturated carbocycles. The van der Waals surface area contributed by atoms with Crippen LogP contribution < -0.4 is 15.8 Å². The zero-order valence-electron chi connectivity index (χ0n) is 11.3. The largest absolute Gasteiger partial charge is 0.496 e. The van der Waals surface area contributed by atoms with Crippen LogP contribution in [0.3, 0.4) is 0 Å². The lowest BCUT2D eigenvalue weighted by molar-refractivity contribution is 0.386. The third kappa shape index (κ3) is 3.45. The minimum absolute atomic E-state index is 0.00981. The number of nitrogens with one attached hydrogen (secondary N) is 1. The van der Waals surface area contributed by atoms with E-state index in [0.29, 0.717) is 6.67 Å². The van der Waals surface area contributed by atoms with Gasteiger partial charge < -0.3 is 15.8 Å². The summed E-state index contributed by atoms with van der Waals surface area (Å²) in [5, 5.41) is 3.20. The van der Waals surface area contributed by atoms with Gasteiger partial charge in [0.05, 0.1) is 7.11 Å². The van der Waals surface area contributed by atoms with Crippen LogP contribution in [0.5, 0.6) is 5.75 Å². The molecule has 0 amide bonds. The first-order chi connectivity index (χ1) is 8.05. The van der Waals surface area contributed by atoms with Crippen molar-refractivity contribution in [3.8, 4) is 5.75 Å².